The van der Waals surface area contributed by atoms with Crippen molar-refractivity contribution in [2.75, 3.05) is 13.1 Å². The number of hydrogen-bond acceptors (Lipinski definition) is 3. The van der Waals surface area contributed by atoms with Crippen LogP contribution in [0.25, 0.3) is 0 Å². The van der Waals surface area contributed by atoms with Gasteiger partial charge in [-0.25, -0.2) is 0 Å². The minimum Gasteiger partial charge on any atom is -0.464 e. The highest BCUT2D eigenvalue weighted by atomic mass is 16.4. The Hall–Kier alpha value is -0.800. The van der Waals surface area contributed by atoms with E-state index in [1.54, 1.807) is 6.07 Å². The summed E-state index contributed by atoms with van der Waals surface area (Å²) < 4.78 is 5.25. The van der Waals surface area contributed by atoms with E-state index >= 15 is 0 Å². The minimum absolute atomic E-state index is 0.529. The highest BCUT2D eigenvalue weighted by Crippen LogP contribution is 2.14. The lowest BCUT2D eigenvalue weighted by atomic mass is 10.3. The van der Waals surface area contributed by atoms with Gasteiger partial charge in [0.2, 0.25) is 0 Å². The lowest BCUT2D eigenvalue weighted by Gasteiger charge is -2.06. The van der Waals surface area contributed by atoms with E-state index in [1.165, 1.54) is 0 Å². The molecular weight excluding hydrogens is 154 g/mol. The first-order valence-electron chi connectivity index (χ1n) is 4.19. The normalized spacial score (nSPS) is 13.2. The smallest absolute Gasteiger partial charge is 0.133 e. The average Bonchev–Trinajstić information content (AvgIpc) is 2.47. The van der Waals surface area contributed by atoms with Gasteiger partial charge in [0.05, 0.1) is 0 Å². The van der Waals surface area contributed by atoms with Crippen LogP contribution >= 0.6 is 0 Å². The summed E-state index contributed by atoms with van der Waals surface area (Å²) in [4.78, 5) is 0. The maximum atomic E-state index is 9.51. The first-order chi connectivity index (χ1) is 5.74. The highest BCUT2D eigenvalue weighted by Gasteiger charge is 2.09. The van der Waals surface area contributed by atoms with E-state index in [9.17, 15) is 5.11 Å². The van der Waals surface area contributed by atoms with Gasteiger partial charge in [-0.2, -0.15) is 0 Å². The molecule has 3 heteroatoms. The van der Waals surface area contributed by atoms with E-state index < -0.39 is 6.10 Å². The summed E-state index contributed by atoms with van der Waals surface area (Å²) in [5.41, 5.74) is 0. The predicted octanol–water partition coefficient (Wildman–Crippen LogP) is 1.23. The number of likely N-dealkylation sites (N-methyl/N-ethyl adjacent to an activating group) is 1. The third kappa shape index (κ3) is 2.36. The number of rotatable bonds is 4. The van der Waals surface area contributed by atoms with E-state index in [1.807, 2.05) is 19.9 Å². The molecule has 0 spiro atoms. The molecule has 0 aromatic carbocycles. The van der Waals surface area contributed by atoms with Gasteiger partial charge in [-0.05, 0) is 25.6 Å². The fourth-order valence-electron chi connectivity index (χ4n) is 1.01. The Labute approximate surface area is 72.4 Å². The Balaban J connectivity index is 2.47. The molecule has 1 atom stereocenters. The van der Waals surface area contributed by atoms with Gasteiger partial charge in [-0.1, -0.05) is 6.92 Å². The Morgan fingerprint density at radius 1 is 1.58 bits per heavy atom. The van der Waals surface area contributed by atoms with Gasteiger partial charge in [0, 0.05) is 6.54 Å². The molecule has 1 rings (SSSR count). The van der Waals surface area contributed by atoms with Gasteiger partial charge in [0.25, 0.3) is 0 Å². The summed E-state index contributed by atoms with van der Waals surface area (Å²) in [6.07, 6.45) is -0.529. The van der Waals surface area contributed by atoms with Gasteiger partial charge in [0.1, 0.15) is 17.6 Å². The fraction of sp³-hybridized carbons (Fsp3) is 0.556. The Morgan fingerprint density at radius 2 is 2.33 bits per heavy atom. The van der Waals surface area contributed by atoms with Crippen molar-refractivity contribution in [3.63, 3.8) is 0 Å². The SMILES string of the molecule is CCNCC(O)c1ccc(C)o1. The van der Waals surface area contributed by atoms with Crippen LogP contribution in [0.4, 0.5) is 0 Å². The topological polar surface area (TPSA) is 45.4 Å². The predicted molar refractivity (Wildman–Crippen MR) is 46.9 cm³/mol. The summed E-state index contributed by atoms with van der Waals surface area (Å²) >= 11 is 0. The molecule has 0 aliphatic heterocycles. The van der Waals surface area contributed by atoms with Crippen molar-refractivity contribution < 1.29 is 9.52 Å². The molecule has 0 aliphatic carbocycles. The van der Waals surface area contributed by atoms with Gasteiger partial charge in [-0.3, -0.25) is 0 Å². The Bertz CT molecular complexity index is 232. The first kappa shape index (κ1) is 9.29. The zero-order valence-corrected chi connectivity index (χ0v) is 7.50. The van der Waals surface area contributed by atoms with Gasteiger partial charge in [-0.15, -0.1) is 0 Å². The molecule has 1 aromatic rings. The van der Waals surface area contributed by atoms with E-state index in [4.69, 9.17) is 4.42 Å². The third-order valence-electron chi connectivity index (χ3n) is 1.68. The van der Waals surface area contributed by atoms with E-state index in [-0.39, 0.29) is 0 Å². The van der Waals surface area contributed by atoms with Crippen LogP contribution in [0.3, 0.4) is 0 Å². The number of nitrogens with one attached hydrogen (secondary N) is 1. The van der Waals surface area contributed by atoms with Crippen molar-refractivity contribution in [3.8, 4) is 0 Å². The number of aliphatic hydroxyl groups is 1. The molecule has 68 valence electrons. The highest BCUT2D eigenvalue weighted by molar-refractivity contribution is 5.08. The molecule has 1 aromatic heterocycles. The quantitative estimate of drug-likeness (QED) is 0.712. The second-order valence-corrected chi connectivity index (χ2v) is 2.77. The number of aliphatic hydroxyl groups excluding tert-OH is 1. The molecule has 0 bridgehead atoms. The molecule has 3 nitrogen and oxygen atoms in total. The summed E-state index contributed by atoms with van der Waals surface area (Å²) in [5.74, 6) is 1.47. The van der Waals surface area contributed by atoms with Gasteiger partial charge < -0.3 is 14.8 Å². The zero-order chi connectivity index (χ0) is 8.97. The second kappa shape index (κ2) is 4.28. The maximum absolute atomic E-state index is 9.51. The maximum Gasteiger partial charge on any atom is 0.133 e. The molecule has 2 N–H and O–H groups in total. The monoisotopic (exact) mass is 169 g/mol. The van der Waals surface area contributed by atoms with Crippen LogP contribution in [-0.2, 0) is 0 Å². The van der Waals surface area contributed by atoms with Crippen molar-refractivity contribution in [1.29, 1.82) is 0 Å². The molecule has 0 saturated carbocycles. The van der Waals surface area contributed by atoms with E-state index in [2.05, 4.69) is 5.32 Å². The summed E-state index contributed by atoms with van der Waals surface area (Å²) in [7, 11) is 0. The molecule has 0 amide bonds. The average molecular weight is 169 g/mol. The zero-order valence-electron chi connectivity index (χ0n) is 7.50. The summed E-state index contributed by atoms with van der Waals surface area (Å²) in [6.45, 7) is 5.27. The fourth-order valence-corrected chi connectivity index (χ4v) is 1.01. The summed E-state index contributed by atoms with van der Waals surface area (Å²) in [6, 6.07) is 3.65. The molecule has 0 radical (unpaired) electrons. The van der Waals surface area contributed by atoms with Crippen LogP contribution in [0.1, 0.15) is 24.5 Å². The van der Waals surface area contributed by atoms with Gasteiger partial charge in [0.15, 0.2) is 0 Å². The van der Waals surface area contributed by atoms with Crippen LogP contribution in [0.15, 0.2) is 16.5 Å². The molecular formula is C9H15NO2. The van der Waals surface area contributed by atoms with Crippen molar-refractivity contribution in [2.45, 2.75) is 20.0 Å². The van der Waals surface area contributed by atoms with Crippen LogP contribution < -0.4 is 5.32 Å². The van der Waals surface area contributed by atoms with Crippen molar-refractivity contribution in [3.05, 3.63) is 23.7 Å². The number of furan rings is 1. The number of aryl methyl sites for hydroxylation is 1. The first-order valence-corrected chi connectivity index (χ1v) is 4.19. The molecule has 0 saturated heterocycles. The lowest BCUT2D eigenvalue weighted by Crippen LogP contribution is -2.20. The van der Waals surface area contributed by atoms with Crippen LogP contribution in [0.5, 0.6) is 0 Å². The Morgan fingerprint density at radius 3 is 2.83 bits per heavy atom. The summed E-state index contributed by atoms with van der Waals surface area (Å²) in [5, 5.41) is 12.6. The van der Waals surface area contributed by atoms with Crippen molar-refractivity contribution in [2.24, 2.45) is 0 Å². The number of hydrogen-bond donors (Lipinski definition) is 2. The largest absolute Gasteiger partial charge is 0.464 e. The lowest BCUT2D eigenvalue weighted by molar-refractivity contribution is 0.147. The minimum atomic E-state index is -0.529. The third-order valence-corrected chi connectivity index (χ3v) is 1.68. The van der Waals surface area contributed by atoms with Crippen LogP contribution in [0, 0.1) is 6.92 Å². The van der Waals surface area contributed by atoms with Gasteiger partial charge >= 0.3 is 0 Å². The van der Waals surface area contributed by atoms with Crippen molar-refractivity contribution in [1.82, 2.24) is 5.32 Å². The van der Waals surface area contributed by atoms with E-state index in [0.717, 1.165) is 12.3 Å². The molecule has 0 fully saturated rings. The van der Waals surface area contributed by atoms with E-state index in [0.29, 0.717) is 12.3 Å². The molecule has 1 heterocycles. The molecule has 0 aliphatic rings. The molecule has 12 heavy (non-hydrogen) atoms. The standard InChI is InChI=1S/C9H15NO2/c1-3-10-6-8(11)9-5-4-7(2)12-9/h4-5,8,10-11H,3,6H2,1-2H3. The van der Waals surface area contributed by atoms with Crippen molar-refractivity contribution >= 4 is 0 Å². The Kier molecular flexibility index (Phi) is 3.31. The van der Waals surface area contributed by atoms with Crippen LogP contribution in [-0.4, -0.2) is 18.2 Å². The molecule has 1 unspecified atom stereocenters. The second-order valence-electron chi connectivity index (χ2n) is 2.77. The van der Waals surface area contributed by atoms with Crippen LogP contribution in [0.2, 0.25) is 0 Å².